The molecule has 4 aliphatic rings. The van der Waals surface area contributed by atoms with E-state index in [1.165, 1.54) is 17.6 Å². The maximum absolute atomic E-state index is 12.9. The van der Waals surface area contributed by atoms with Crippen molar-refractivity contribution in [3.8, 4) is 0 Å². The highest BCUT2D eigenvalue weighted by Crippen LogP contribution is 2.46. The number of nitrogens with two attached hydrogens (primary N) is 1. The standard InChI is InChI=1S/C20H28N2O3.C11H13NO2.C10H17NO4/c1-14-7-9-15(10-8-14)20(11-12-20)21-17(23)16-6-5-13-22(16)18(24)25-19(2,3)4;1-14-10(13)8-2-4-9(5-3-8)11(12)6-7-11;1-10(2,3)15-9(14)11-6-4-5-7(11)8(12)13/h7-10,16H,5-6,11-13H2,1-4H3,(H,21,23);2-5H,6-7,12H2,1H3;7H,4-6H2,1-3H3,(H,12,13). The number of carboxylic acid groups (broad SMARTS) is 1. The van der Waals surface area contributed by atoms with Gasteiger partial charge >= 0.3 is 24.1 Å². The minimum absolute atomic E-state index is 0.0681. The van der Waals surface area contributed by atoms with Gasteiger partial charge in [-0.2, -0.15) is 0 Å². The van der Waals surface area contributed by atoms with Gasteiger partial charge in [0.25, 0.3) is 0 Å². The van der Waals surface area contributed by atoms with E-state index >= 15 is 0 Å². The summed E-state index contributed by atoms with van der Waals surface area (Å²) in [4.78, 5) is 61.7. The van der Waals surface area contributed by atoms with E-state index in [2.05, 4.69) is 41.2 Å². The van der Waals surface area contributed by atoms with Crippen LogP contribution in [0.5, 0.6) is 0 Å². The van der Waals surface area contributed by atoms with E-state index in [1.54, 1.807) is 37.8 Å². The SMILES string of the molecule is CC(C)(C)OC(=O)N1CCCC1C(=O)O.COC(=O)c1ccc(C2(N)CC2)cc1.Cc1ccc(C2(NC(=O)C3CCCN3C(=O)OC(C)(C)C)CC2)cc1. The van der Waals surface area contributed by atoms with Crippen molar-refractivity contribution >= 4 is 30.0 Å². The number of likely N-dealkylation sites (tertiary alicyclic amines) is 2. The van der Waals surface area contributed by atoms with Gasteiger partial charge in [0.05, 0.1) is 18.2 Å². The van der Waals surface area contributed by atoms with E-state index in [-0.39, 0.29) is 23.0 Å². The molecule has 2 aliphatic carbocycles. The number of aliphatic carboxylic acids is 1. The van der Waals surface area contributed by atoms with Gasteiger partial charge in [-0.15, -0.1) is 0 Å². The van der Waals surface area contributed by atoms with E-state index in [0.29, 0.717) is 31.5 Å². The van der Waals surface area contributed by atoms with Crippen LogP contribution in [-0.4, -0.2) is 88.4 Å². The zero-order valence-corrected chi connectivity index (χ0v) is 33.0. The first-order chi connectivity index (χ1) is 25.2. The lowest BCUT2D eigenvalue weighted by Gasteiger charge is -2.29. The molecule has 54 heavy (non-hydrogen) atoms. The van der Waals surface area contributed by atoms with Crippen LogP contribution in [0, 0.1) is 6.92 Å². The van der Waals surface area contributed by atoms with Crippen molar-refractivity contribution in [3.63, 3.8) is 0 Å². The molecule has 2 saturated heterocycles. The van der Waals surface area contributed by atoms with Gasteiger partial charge in [-0.05, 0) is 123 Å². The number of aryl methyl sites for hydroxylation is 1. The Kier molecular flexibility index (Phi) is 13.1. The van der Waals surface area contributed by atoms with Crippen molar-refractivity contribution in [2.75, 3.05) is 20.2 Å². The molecule has 3 amide bonds. The number of rotatable bonds is 6. The number of nitrogens with zero attached hydrogens (tertiary/aromatic N) is 2. The van der Waals surface area contributed by atoms with Crippen molar-refractivity contribution < 1.29 is 43.3 Å². The van der Waals surface area contributed by atoms with E-state index < -0.39 is 41.4 Å². The van der Waals surface area contributed by atoms with Crippen LogP contribution in [-0.2, 0) is 34.9 Å². The minimum Gasteiger partial charge on any atom is -0.480 e. The summed E-state index contributed by atoms with van der Waals surface area (Å²) in [5, 5.41) is 12.1. The normalized spacial score (nSPS) is 20.6. The first kappa shape index (κ1) is 42.1. The maximum atomic E-state index is 12.9. The molecule has 13 heteroatoms. The number of hydrogen-bond acceptors (Lipinski definition) is 9. The molecule has 2 heterocycles. The highest BCUT2D eigenvalue weighted by Gasteiger charge is 2.48. The summed E-state index contributed by atoms with van der Waals surface area (Å²) >= 11 is 0. The van der Waals surface area contributed by atoms with Gasteiger partial charge in [0.2, 0.25) is 5.91 Å². The van der Waals surface area contributed by atoms with Gasteiger partial charge in [0, 0.05) is 18.6 Å². The van der Waals surface area contributed by atoms with Gasteiger partial charge in [0.15, 0.2) is 0 Å². The highest BCUT2D eigenvalue weighted by atomic mass is 16.6. The number of esters is 1. The molecule has 0 spiro atoms. The van der Waals surface area contributed by atoms with Crippen LogP contribution >= 0.6 is 0 Å². The van der Waals surface area contributed by atoms with Crippen molar-refractivity contribution in [1.82, 2.24) is 15.1 Å². The average Bonchev–Trinajstić information content (AvgIpc) is 3.88. The number of benzene rings is 2. The van der Waals surface area contributed by atoms with Crippen LogP contribution in [0.1, 0.15) is 120 Å². The van der Waals surface area contributed by atoms with Crippen LogP contribution in [0.15, 0.2) is 48.5 Å². The Labute approximate surface area is 318 Å². The summed E-state index contributed by atoms with van der Waals surface area (Å²) in [6.07, 6.45) is 5.77. The zero-order valence-electron chi connectivity index (χ0n) is 33.0. The van der Waals surface area contributed by atoms with Crippen LogP contribution in [0.2, 0.25) is 0 Å². The van der Waals surface area contributed by atoms with Gasteiger partial charge in [-0.3, -0.25) is 14.6 Å². The van der Waals surface area contributed by atoms with Crippen LogP contribution in [0.25, 0.3) is 0 Å². The van der Waals surface area contributed by atoms with E-state index in [9.17, 15) is 24.0 Å². The van der Waals surface area contributed by atoms with Gasteiger partial charge in [-0.1, -0.05) is 42.0 Å². The highest BCUT2D eigenvalue weighted by molar-refractivity contribution is 5.89. The lowest BCUT2D eigenvalue weighted by atomic mass is 10.0. The Morgan fingerprint density at radius 1 is 0.741 bits per heavy atom. The third-order valence-corrected chi connectivity index (χ3v) is 9.74. The quantitative estimate of drug-likeness (QED) is 0.221. The van der Waals surface area contributed by atoms with E-state index in [0.717, 1.165) is 49.7 Å². The predicted octanol–water partition coefficient (Wildman–Crippen LogP) is 6.39. The molecule has 4 fully saturated rings. The second-order valence-corrected chi connectivity index (χ2v) is 16.7. The number of carbonyl (C=O) groups excluding carboxylic acids is 4. The van der Waals surface area contributed by atoms with Crippen molar-refractivity contribution in [2.24, 2.45) is 5.73 Å². The fraction of sp³-hybridized carbons (Fsp3) is 0.585. The molecular weight excluding hydrogens is 692 g/mol. The lowest BCUT2D eigenvalue weighted by Crippen LogP contribution is -2.50. The molecule has 0 aromatic heterocycles. The Balaban J connectivity index is 0.000000193. The molecule has 2 saturated carbocycles. The molecule has 6 rings (SSSR count). The van der Waals surface area contributed by atoms with Gasteiger partial charge < -0.3 is 30.4 Å². The molecule has 2 unspecified atom stereocenters. The Morgan fingerprint density at radius 3 is 1.63 bits per heavy atom. The number of carbonyl (C=O) groups is 5. The summed E-state index contributed by atoms with van der Waals surface area (Å²) in [7, 11) is 1.38. The smallest absolute Gasteiger partial charge is 0.411 e. The fourth-order valence-electron chi connectivity index (χ4n) is 6.42. The first-order valence-electron chi connectivity index (χ1n) is 18.8. The van der Waals surface area contributed by atoms with E-state index in [4.69, 9.17) is 20.3 Å². The molecule has 296 valence electrons. The van der Waals surface area contributed by atoms with Crippen molar-refractivity contribution in [1.29, 1.82) is 0 Å². The topological polar surface area (TPSA) is 178 Å². The Hall–Kier alpha value is -4.65. The third kappa shape index (κ3) is 11.4. The molecule has 0 bridgehead atoms. The first-order valence-corrected chi connectivity index (χ1v) is 18.8. The average molecular weight is 751 g/mol. The number of nitrogens with one attached hydrogen (secondary N) is 1. The predicted molar refractivity (Wildman–Crippen MR) is 203 cm³/mol. The number of carboxylic acids is 1. The summed E-state index contributed by atoms with van der Waals surface area (Å²) in [5.41, 5.74) is 8.51. The van der Waals surface area contributed by atoms with Gasteiger partial charge in [-0.25, -0.2) is 19.2 Å². The third-order valence-electron chi connectivity index (χ3n) is 9.74. The van der Waals surface area contributed by atoms with Crippen LogP contribution in [0.3, 0.4) is 0 Å². The molecule has 0 radical (unpaired) electrons. The fourth-order valence-corrected chi connectivity index (χ4v) is 6.42. The number of hydrogen-bond donors (Lipinski definition) is 3. The second kappa shape index (κ2) is 16.8. The van der Waals surface area contributed by atoms with Crippen LogP contribution < -0.4 is 11.1 Å². The van der Waals surface area contributed by atoms with Crippen molar-refractivity contribution in [2.45, 2.75) is 134 Å². The number of methoxy groups -OCH3 is 1. The number of ether oxygens (including phenoxy) is 3. The second-order valence-electron chi connectivity index (χ2n) is 16.7. The molecule has 2 aromatic carbocycles. The Bertz CT molecular complexity index is 1650. The summed E-state index contributed by atoms with van der Waals surface area (Å²) in [6.45, 7) is 13.9. The molecule has 2 aliphatic heterocycles. The molecular formula is C41H58N4O9. The lowest BCUT2D eigenvalue weighted by molar-refractivity contribution is -0.142. The monoisotopic (exact) mass is 750 g/mol. The van der Waals surface area contributed by atoms with Crippen molar-refractivity contribution in [3.05, 3.63) is 70.8 Å². The van der Waals surface area contributed by atoms with Crippen LogP contribution in [0.4, 0.5) is 9.59 Å². The van der Waals surface area contributed by atoms with Gasteiger partial charge in [0.1, 0.15) is 23.3 Å². The maximum Gasteiger partial charge on any atom is 0.411 e. The van der Waals surface area contributed by atoms with E-state index in [1.807, 2.05) is 32.9 Å². The summed E-state index contributed by atoms with van der Waals surface area (Å²) < 4.78 is 15.2. The summed E-state index contributed by atoms with van der Waals surface area (Å²) in [5.74, 6) is -1.33. The largest absolute Gasteiger partial charge is 0.480 e. The molecule has 2 aromatic rings. The summed E-state index contributed by atoms with van der Waals surface area (Å²) in [6, 6.07) is 14.5. The minimum atomic E-state index is -0.960. The number of amides is 3. The molecule has 2 atom stereocenters. The Morgan fingerprint density at radius 2 is 1.20 bits per heavy atom. The zero-order chi connectivity index (χ0) is 40.1. The molecule has 13 nitrogen and oxygen atoms in total. The molecule has 4 N–H and O–H groups in total.